The lowest BCUT2D eigenvalue weighted by Gasteiger charge is -2.05. The minimum atomic E-state index is 0.787. The van der Waals surface area contributed by atoms with Gasteiger partial charge in [0, 0.05) is 22.9 Å². The molecular formula is C17H15N5OS2. The molecule has 0 bridgehead atoms. The quantitative estimate of drug-likeness (QED) is 0.507. The number of rotatable bonds is 4. The Morgan fingerprint density at radius 1 is 1.12 bits per heavy atom. The highest BCUT2D eigenvalue weighted by atomic mass is 32.2. The first-order chi connectivity index (χ1) is 12.2. The summed E-state index contributed by atoms with van der Waals surface area (Å²) >= 11 is 3.17. The Labute approximate surface area is 152 Å². The average molecular weight is 369 g/mol. The molecule has 0 spiro atoms. The summed E-state index contributed by atoms with van der Waals surface area (Å²) in [4.78, 5) is 11.0. The minimum Gasteiger partial charge on any atom is -0.497 e. The van der Waals surface area contributed by atoms with Crippen LogP contribution >= 0.6 is 23.1 Å². The number of aromatic nitrogens is 5. The van der Waals surface area contributed by atoms with Crippen molar-refractivity contribution in [1.29, 1.82) is 0 Å². The number of thiophene rings is 1. The molecule has 4 aromatic rings. The molecule has 0 fully saturated rings. The maximum atomic E-state index is 5.20. The van der Waals surface area contributed by atoms with Crippen LogP contribution in [0.5, 0.6) is 5.75 Å². The van der Waals surface area contributed by atoms with Crippen molar-refractivity contribution < 1.29 is 4.74 Å². The third kappa shape index (κ3) is 2.98. The Hall–Kier alpha value is -2.45. The molecule has 0 aliphatic rings. The number of hydrogen-bond acceptors (Lipinski definition) is 7. The summed E-state index contributed by atoms with van der Waals surface area (Å²) in [5, 5.41) is 11.4. The van der Waals surface area contributed by atoms with E-state index in [1.54, 1.807) is 24.8 Å². The fraction of sp³-hybridized carbons (Fsp3) is 0.176. The van der Waals surface area contributed by atoms with Gasteiger partial charge in [-0.2, -0.15) is 0 Å². The molecule has 8 heteroatoms. The van der Waals surface area contributed by atoms with E-state index >= 15 is 0 Å². The van der Waals surface area contributed by atoms with Gasteiger partial charge in [0.1, 0.15) is 21.9 Å². The molecule has 0 N–H and O–H groups in total. The number of benzene rings is 1. The summed E-state index contributed by atoms with van der Waals surface area (Å²) in [5.74, 6) is 1.62. The zero-order valence-electron chi connectivity index (χ0n) is 13.9. The van der Waals surface area contributed by atoms with Crippen LogP contribution < -0.4 is 4.74 Å². The molecule has 126 valence electrons. The lowest BCUT2D eigenvalue weighted by atomic mass is 10.2. The molecule has 3 aromatic heterocycles. The van der Waals surface area contributed by atoms with Crippen LogP contribution in [0, 0.1) is 6.92 Å². The number of aryl methyl sites for hydroxylation is 1. The van der Waals surface area contributed by atoms with Crippen molar-refractivity contribution in [1.82, 2.24) is 24.7 Å². The standard InChI is InChI=1S/C17H15N5OS2/c1-10-8-13-15(24-10)18-9-19-16(13)25-17-21-20-14(22(17)2)11-4-6-12(23-3)7-5-11/h4-9H,1-3H3. The van der Waals surface area contributed by atoms with Gasteiger partial charge in [0.15, 0.2) is 11.0 Å². The van der Waals surface area contributed by atoms with E-state index < -0.39 is 0 Å². The summed E-state index contributed by atoms with van der Waals surface area (Å²) < 4.78 is 7.17. The third-order valence-corrected chi connectivity index (χ3v) is 5.80. The minimum absolute atomic E-state index is 0.787. The molecule has 0 aliphatic heterocycles. The van der Waals surface area contributed by atoms with Gasteiger partial charge in [-0.3, -0.25) is 0 Å². The molecule has 25 heavy (non-hydrogen) atoms. The van der Waals surface area contributed by atoms with Crippen molar-refractivity contribution in [2.75, 3.05) is 7.11 Å². The average Bonchev–Trinajstić information content (AvgIpc) is 3.18. The van der Waals surface area contributed by atoms with E-state index in [1.807, 2.05) is 35.9 Å². The van der Waals surface area contributed by atoms with E-state index in [9.17, 15) is 0 Å². The lowest BCUT2D eigenvalue weighted by molar-refractivity contribution is 0.415. The Kier molecular flexibility index (Phi) is 4.14. The highest BCUT2D eigenvalue weighted by Crippen LogP contribution is 2.34. The maximum absolute atomic E-state index is 5.20. The van der Waals surface area contributed by atoms with E-state index in [1.165, 1.54) is 16.6 Å². The van der Waals surface area contributed by atoms with E-state index in [0.29, 0.717) is 0 Å². The largest absolute Gasteiger partial charge is 0.497 e. The van der Waals surface area contributed by atoms with Gasteiger partial charge in [-0.05, 0) is 49.0 Å². The van der Waals surface area contributed by atoms with Crippen molar-refractivity contribution in [3.63, 3.8) is 0 Å². The first kappa shape index (κ1) is 16.0. The molecule has 0 aliphatic carbocycles. The number of ether oxygens (including phenoxy) is 1. The van der Waals surface area contributed by atoms with Crippen molar-refractivity contribution >= 4 is 33.3 Å². The molecule has 1 aromatic carbocycles. The van der Waals surface area contributed by atoms with Crippen LogP contribution in [0.25, 0.3) is 21.6 Å². The Balaban J connectivity index is 1.68. The van der Waals surface area contributed by atoms with Crippen LogP contribution in [0.1, 0.15) is 4.88 Å². The van der Waals surface area contributed by atoms with E-state index in [2.05, 4.69) is 33.2 Å². The van der Waals surface area contributed by atoms with Gasteiger partial charge in [-0.25, -0.2) is 9.97 Å². The van der Waals surface area contributed by atoms with Crippen LogP contribution in [-0.2, 0) is 7.05 Å². The third-order valence-electron chi connectivity index (χ3n) is 3.79. The summed E-state index contributed by atoms with van der Waals surface area (Å²) in [6.07, 6.45) is 1.60. The van der Waals surface area contributed by atoms with Crippen LogP contribution in [0.2, 0.25) is 0 Å². The first-order valence-electron chi connectivity index (χ1n) is 7.58. The van der Waals surface area contributed by atoms with Crippen LogP contribution in [0.4, 0.5) is 0 Å². The molecule has 0 atom stereocenters. The van der Waals surface area contributed by atoms with Crippen molar-refractivity contribution in [2.45, 2.75) is 17.1 Å². The fourth-order valence-corrected chi connectivity index (χ4v) is 4.27. The zero-order valence-corrected chi connectivity index (χ0v) is 15.6. The summed E-state index contributed by atoms with van der Waals surface area (Å²) in [6, 6.07) is 9.89. The van der Waals surface area contributed by atoms with E-state index in [0.717, 1.165) is 37.5 Å². The second-order valence-corrected chi connectivity index (χ2v) is 7.64. The molecular weight excluding hydrogens is 354 g/mol. The predicted molar refractivity (Wildman–Crippen MR) is 99.3 cm³/mol. The van der Waals surface area contributed by atoms with Gasteiger partial charge >= 0.3 is 0 Å². The van der Waals surface area contributed by atoms with Gasteiger partial charge in [-0.15, -0.1) is 21.5 Å². The summed E-state index contributed by atoms with van der Waals surface area (Å²) in [7, 11) is 3.61. The van der Waals surface area contributed by atoms with Gasteiger partial charge in [0.25, 0.3) is 0 Å². The Morgan fingerprint density at radius 3 is 2.68 bits per heavy atom. The molecule has 0 unspecified atom stereocenters. The van der Waals surface area contributed by atoms with Crippen LogP contribution in [0.15, 0.2) is 46.8 Å². The predicted octanol–water partition coefficient (Wildman–Crippen LogP) is 3.96. The van der Waals surface area contributed by atoms with Gasteiger partial charge < -0.3 is 9.30 Å². The highest BCUT2D eigenvalue weighted by molar-refractivity contribution is 7.99. The van der Waals surface area contributed by atoms with Crippen LogP contribution in [-0.4, -0.2) is 31.8 Å². The summed E-state index contributed by atoms with van der Waals surface area (Å²) in [5.41, 5.74) is 0.988. The van der Waals surface area contributed by atoms with E-state index in [4.69, 9.17) is 4.74 Å². The second kappa shape index (κ2) is 6.45. The van der Waals surface area contributed by atoms with Crippen molar-refractivity contribution in [2.24, 2.45) is 7.05 Å². The maximum Gasteiger partial charge on any atom is 0.197 e. The smallest absolute Gasteiger partial charge is 0.197 e. The first-order valence-corrected chi connectivity index (χ1v) is 9.22. The monoisotopic (exact) mass is 369 g/mol. The van der Waals surface area contributed by atoms with Gasteiger partial charge in [0.2, 0.25) is 0 Å². The van der Waals surface area contributed by atoms with Gasteiger partial charge in [0.05, 0.1) is 7.11 Å². The number of methoxy groups -OCH3 is 1. The van der Waals surface area contributed by atoms with Crippen molar-refractivity contribution in [3.8, 4) is 17.1 Å². The summed E-state index contributed by atoms with van der Waals surface area (Å²) in [6.45, 7) is 2.07. The number of nitrogens with zero attached hydrogens (tertiary/aromatic N) is 5. The molecule has 3 heterocycles. The molecule has 0 saturated heterocycles. The zero-order chi connectivity index (χ0) is 17.4. The molecule has 0 radical (unpaired) electrons. The molecule has 4 rings (SSSR count). The number of fused-ring (bicyclic) bond motifs is 1. The Bertz CT molecular complexity index is 1040. The normalized spacial score (nSPS) is 11.2. The topological polar surface area (TPSA) is 65.7 Å². The van der Waals surface area contributed by atoms with Crippen molar-refractivity contribution in [3.05, 3.63) is 41.5 Å². The highest BCUT2D eigenvalue weighted by Gasteiger charge is 2.15. The van der Waals surface area contributed by atoms with Gasteiger partial charge in [-0.1, -0.05) is 0 Å². The van der Waals surface area contributed by atoms with Crippen LogP contribution in [0.3, 0.4) is 0 Å². The Morgan fingerprint density at radius 2 is 1.92 bits per heavy atom. The fourth-order valence-electron chi connectivity index (χ4n) is 2.52. The second-order valence-electron chi connectivity index (χ2n) is 5.45. The number of hydrogen-bond donors (Lipinski definition) is 0. The lowest BCUT2D eigenvalue weighted by Crippen LogP contribution is -1.95. The molecule has 0 saturated carbocycles. The molecule has 0 amide bonds. The SMILES string of the molecule is COc1ccc(-c2nnc(Sc3ncnc4sc(C)cc34)n2C)cc1. The van der Waals surface area contributed by atoms with E-state index in [-0.39, 0.29) is 0 Å². The molecule has 6 nitrogen and oxygen atoms in total.